The SMILES string of the molecule is O=C(O)Cc1cccc(/C=C/C(=O)c2cnn(Cc3ccccc3)c2)c1. The summed E-state index contributed by atoms with van der Waals surface area (Å²) in [7, 11) is 0. The van der Waals surface area contributed by atoms with E-state index in [1.807, 2.05) is 36.4 Å². The topological polar surface area (TPSA) is 72.2 Å². The first-order valence-electron chi connectivity index (χ1n) is 8.20. The second kappa shape index (κ2) is 8.07. The highest BCUT2D eigenvalue weighted by Crippen LogP contribution is 2.10. The van der Waals surface area contributed by atoms with Crippen LogP contribution in [-0.4, -0.2) is 26.6 Å². The minimum absolute atomic E-state index is 0.0398. The molecule has 0 amide bonds. The van der Waals surface area contributed by atoms with Gasteiger partial charge in [0.15, 0.2) is 5.78 Å². The molecular formula is C21H18N2O3. The Balaban J connectivity index is 1.66. The Morgan fingerprint density at radius 3 is 2.58 bits per heavy atom. The molecule has 0 aliphatic carbocycles. The highest BCUT2D eigenvalue weighted by atomic mass is 16.4. The second-order valence-electron chi connectivity index (χ2n) is 5.93. The first-order valence-corrected chi connectivity index (χ1v) is 8.20. The molecule has 0 unspecified atom stereocenters. The molecule has 5 nitrogen and oxygen atoms in total. The van der Waals surface area contributed by atoms with Crippen molar-refractivity contribution < 1.29 is 14.7 Å². The quantitative estimate of drug-likeness (QED) is 0.525. The summed E-state index contributed by atoms with van der Waals surface area (Å²) in [5.41, 5.74) is 3.11. The Kier molecular flexibility index (Phi) is 5.39. The minimum atomic E-state index is -0.881. The number of carbonyl (C=O) groups is 2. The number of carbonyl (C=O) groups excluding carboxylic acids is 1. The smallest absolute Gasteiger partial charge is 0.307 e. The molecule has 0 fully saturated rings. The average molecular weight is 346 g/mol. The van der Waals surface area contributed by atoms with Gasteiger partial charge in [-0.15, -0.1) is 0 Å². The average Bonchev–Trinajstić information content (AvgIpc) is 3.09. The molecule has 0 aliphatic heterocycles. The van der Waals surface area contributed by atoms with Crippen LogP contribution in [0.15, 0.2) is 73.1 Å². The van der Waals surface area contributed by atoms with Gasteiger partial charge in [0.2, 0.25) is 0 Å². The van der Waals surface area contributed by atoms with Crippen molar-refractivity contribution in [1.29, 1.82) is 0 Å². The third kappa shape index (κ3) is 4.77. The summed E-state index contributed by atoms with van der Waals surface area (Å²) in [5, 5.41) is 13.1. The van der Waals surface area contributed by atoms with E-state index in [4.69, 9.17) is 5.11 Å². The molecule has 1 N–H and O–H groups in total. The van der Waals surface area contributed by atoms with Gasteiger partial charge in [0.05, 0.1) is 24.7 Å². The van der Waals surface area contributed by atoms with Crippen molar-refractivity contribution >= 4 is 17.8 Å². The molecule has 1 heterocycles. The van der Waals surface area contributed by atoms with Gasteiger partial charge in [-0.1, -0.05) is 60.7 Å². The number of aromatic nitrogens is 2. The van der Waals surface area contributed by atoms with Gasteiger partial charge in [0.1, 0.15) is 0 Å². The standard InChI is InChI=1S/C21H18N2O3/c24-20(10-9-16-7-4-8-18(11-16)12-21(25)26)19-13-22-23(15-19)14-17-5-2-1-3-6-17/h1-11,13,15H,12,14H2,(H,25,26)/b10-9+. The molecule has 0 saturated carbocycles. The zero-order valence-electron chi connectivity index (χ0n) is 14.1. The number of benzene rings is 2. The predicted molar refractivity (Wildman–Crippen MR) is 98.9 cm³/mol. The fraction of sp³-hybridized carbons (Fsp3) is 0.0952. The van der Waals surface area contributed by atoms with E-state index in [0.29, 0.717) is 17.7 Å². The fourth-order valence-electron chi connectivity index (χ4n) is 2.60. The van der Waals surface area contributed by atoms with E-state index in [9.17, 15) is 9.59 Å². The van der Waals surface area contributed by atoms with Gasteiger partial charge >= 0.3 is 5.97 Å². The van der Waals surface area contributed by atoms with Gasteiger partial charge in [0, 0.05) is 6.20 Å². The van der Waals surface area contributed by atoms with Crippen LogP contribution in [-0.2, 0) is 17.8 Å². The molecule has 2 aromatic carbocycles. The van der Waals surface area contributed by atoms with Gasteiger partial charge in [0.25, 0.3) is 0 Å². The predicted octanol–water partition coefficient (Wildman–Crippen LogP) is 3.45. The van der Waals surface area contributed by atoms with Crippen LogP contribution in [0.4, 0.5) is 0 Å². The van der Waals surface area contributed by atoms with Crippen LogP contribution < -0.4 is 0 Å². The summed E-state index contributed by atoms with van der Waals surface area (Å²) in [6.45, 7) is 0.606. The molecule has 1 aromatic heterocycles. The number of nitrogens with zero attached hydrogens (tertiary/aromatic N) is 2. The van der Waals surface area contributed by atoms with Crippen molar-refractivity contribution in [3.63, 3.8) is 0 Å². The van der Waals surface area contributed by atoms with Crippen molar-refractivity contribution in [3.8, 4) is 0 Å². The van der Waals surface area contributed by atoms with E-state index in [0.717, 1.165) is 11.1 Å². The number of carboxylic acid groups (broad SMARTS) is 1. The fourth-order valence-corrected chi connectivity index (χ4v) is 2.60. The van der Waals surface area contributed by atoms with Gasteiger partial charge in [-0.25, -0.2) is 0 Å². The summed E-state index contributed by atoms with van der Waals surface area (Å²) in [6, 6.07) is 17.0. The number of carboxylic acids is 1. The maximum Gasteiger partial charge on any atom is 0.307 e. The first kappa shape index (κ1) is 17.4. The van der Waals surface area contributed by atoms with Crippen molar-refractivity contribution in [2.45, 2.75) is 13.0 Å². The lowest BCUT2D eigenvalue weighted by Crippen LogP contribution is -2.00. The van der Waals surface area contributed by atoms with Crippen LogP contribution in [0, 0.1) is 0 Å². The van der Waals surface area contributed by atoms with E-state index in [1.54, 1.807) is 41.4 Å². The summed E-state index contributed by atoms with van der Waals surface area (Å²) < 4.78 is 1.73. The largest absolute Gasteiger partial charge is 0.481 e. The number of hydrogen-bond acceptors (Lipinski definition) is 3. The highest BCUT2D eigenvalue weighted by molar-refractivity contribution is 6.06. The molecule has 3 rings (SSSR count). The Hall–Kier alpha value is -3.47. The maximum atomic E-state index is 12.3. The zero-order chi connectivity index (χ0) is 18.4. The lowest BCUT2D eigenvalue weighted by molar-refractivity contribution is -0.136. The van der Waals surface area contributed by atoms with Crippen molar-refractivity contribution in [3.05, 3.63) is 95.3 Å². The van der Waals surface area contributed by atoms with Crippen molar-refractivity contribution in [2.75, 3.05) is 0 Å². The highest BCUT2D eigenvalue weighted by Gasteiger charge is 2.06. The van der Waals surface area contributed by atoms with Gasteiger partial charge in [-0.2, -0.15) is 5.10 Å². The Bertz CT molecular complexity index is 943. The molecule has 0 radical (unpaired) electrons. The molecule has 0 aliphatic rings. The van der Waals surface area contributed by atoms with E-state index in [-0.39, 0.29) is 12.2 Å². The Labute approximate surface area is 151 Å². The third-order valence-corrected chi connectivity index (χ3v) is 3.84. The van der Waals surface area contributed by atoms with Gasteiger partial charge < -0.3 is 5.11 Å². The van der Waals surface area contributed by atoms with Crippen LogP contribution in [0.1, 0.15) is 27.0 Å². The van der Waals surface area contributed by atoms with Crippen LogP contribution in [0.2, 0.25) is 0 Å². The molecule has 0 spiro atoms. The van der Waals surface area contributed by atoms with Crippen LogP contribution in [0.25, 0.3) is 6.08 Å². The van der Waals surface area contributed by atoms with Crippen molar-refractivity contribution in [2.24, 2.45) is 0 Å². The first-order chi connectivity index (χ1) is 12.6. The number of ketones is 1. The summed E-state index contributed by atoms with van der Waals surface area (Å²) in [6.07, 6.45) is 6.39. The van der Waals surface area contributed by atoms with E-state index < -0.39 is 5.97 Å². The maximum absolute atomic E-state index is 12.3. The lowest BCUT2D eigenvalue weighted by Gasteiger charge is -2.00. The minimum Gasteiger partial charge on any atom is -0.481 e. The summed E-state index contributed by atoms with van der Waals surface area (Å²) in [5.74, 6) is -1.03. The number of aliphatic carboxylic acids is 1. The molecule has 130 valence electrons. The molecule has 0 bridgehead atoms. The third-order valence-electron chi connectivity index (χ3n) is 3.84. The van der Waals surface area contributed by atoms with Crippen LogP contribution >= 0.6 is 0 Å². The van der Waals surface area contributed by atoms with Gasteiger partial charge in [-0.3, -0.25) is 14.3 Å². The lowest BCUT2D eigenvalue weighted by atomic mass is 10.1. The molecule has 26 heavy (non-hydrogen) atoms. The molecular weight excluding hydrogens is 328 g/mol. The molecule has 3 aromatic rings. The molecule has 5 heteroatoms. The summed E-state index contributed by atoms with van der Waals surface area (Å²) in [4.78, 5) is 23.1. The number of allylic oxidation sites excluding steroid dienone is 1. The Morgan fingerprint density at radius 2 is 1.81 bits per heavy atom. The second-order valence-corrected chi connectivity index (χ2v) is 5.93. The van der Waals surface area contributed by atoms with Gasteiger partial charge in [-0.05, 0) is 22.8 Å². The monoisotopic (exact) mass is 346 g/mol. The van der Waals surface area contributed by atoms with Crippen LogP contribution in [0.5, 0.6) is 0 Å². The normalized spacial score (nSPS) is 10.9. The molecule has 0 saturated heterocycles. The van der Waals surface area contributed by atoms with Crippen molar-refractivity contribution in [1.82, 2.24) is 9.78 Å². The Morgan fingerprint density at radius 1 is 1.04 bits per heavy atom. The molecule has 0 atom stereocenters. The van der Waals surface area contributed by atoms with Crippen LogP contribution in [0.3, 0.4) is 0 Å². The van der Waals surface area contributed by atoms with E-state index >= 15 is 0 Å². The van der Waals surface area contributed by atoms with E-state index in [2.05, 4.69) is 5.10 Å². The number of hydrogen-bond donors (Lipinski definition) is 1. The summed E-state index contributed by atoms with van der Waals surface area (Å²) >= 11 is 0. The van der Waals surface area contributed by atoms with E-state index in [1.165, 1.54) is 6.08 Å². The number of rotatable bonds is 7. The zero-order valence-corrected chi connectivity index (χ0v) is 14.1.